The van der Waals surface area contributed by atoms with E-state index in [4.69, 9.17) is 31.5 Å². The van der Waals surface area contributed by atoms with Gasteiger partial charge in [0.2, 0.25) is 0 Å². The number of anilines is 1. The van der Waals surface area contributed by atoms with E-state index in [0.717, 1.165) is 24.0 Å². The van der Waals surface area contributed by atoms with Crippen LogP contribution in [0.4, 0.5) is 5.69 Å². The van der Waals surface area contributed by atoms with Crippen LogP contribution >= 0.6 is 11.6 Å². The molecule has 0 radical (unpaired) electrons. The number of hydrogen-bond acceptors (Lipinski definition) is 8. The lowest BCUT2D eigenvalue weighted by Crippen LogP contribution is -2.63. The van der Waals surface area contributed by atoms with Crippen LogP contribution in [0.2, 0.25) is 5.02 Å². The molecular formula is C35H38ClNO7. The summed E-state index contributed by atoms with van der Waals surface area (Å²) < 4.78 is 19.3. The van der Waals surface area contributed by atoms with E-state index in [-0.39, 0.29) is 23.5 Å². The van der Waals surface area contributed by atoms with Crippen LogP contribution in [-0.2, 0) is 25.7 Å². The van der Waals surface area contributed by atoms with Gasteiger partial charge in [-0.2, -0.15) is 0 Å². The van der Waals surface area contributed by atoms with Gasteiger partial charge in [-0.05, 0) is 85.6 Å². The van der Waals surface area contributed by atoms with Gasteiger partial charge in [0.15, 0.2) is 23.5 Å². The van der Waals surface area contributed by atoms with E-state index in [9.17, 15) is 19.8 Å². The van der Waals surface area contributed by atoms with Crippen molar-refractivity contribution >= 4 is 28.9 Å². The molecule has 9 heteroatoms. The number of nitrogen functional groups attached to an aromatic ring is 1. The number of allylic oxidation sites excluding steroid dienone is 4. The molecular weight excluding hydrogens is 582 g/mol. The fourth-order valence-corrected chi connectivity index (χ4v) is 9.67. The molecule has 1 aliphatic heterocycles. The molecule has 0 aromatic heterocycles. The second kappa shape index (κ2) is 10.5. The number of hydrogen-bond donors (Lipinski definition) is 3. The summed E-state index contributed by atoms with van der Waals surface area (Å²) >= 11 is 6.66. The van der Waals surface area contributed by atoms with Crippen LogP contribution in [0.1, 0.15) is 56.9 Å². The maximum atomic E-state index is 13.8. The molecule has 4 fully saturated rings. The first-order valence-corrected chi connectivity index (χ1v) is 15.7. The molecule has 8 nitrogen and oxygen atoms in total. The highest BCUT2D eigenvalue weighted by Crippen LogP contribution is 2.70. The Morgan fingerprint density at radius 3 is 2.80 bits per heavy atom. The van der Waals surface area contributed by atoms with Crippen LogP contribution in [0.25, 0.3) is 0 Å². The SMILES string of the molecule is C[C@]12C=CC(=O)C=C1CC[C@@H]1[C@@H]2[C@@H](O)C[C@@]2(C)[C@H]1C[C@H]1O[C@H](c3cc(OCc4cccc(N)c4)ccc3Cl)O[C@]12C(=O)CO. The van der Waals surface area contributed by atoms with Gasteiger partial charge in [0.25, 0.3) is 0 Å². The summed E-state index contributed by atoms with van der Waals surface area (Å²) in [5.41, 5.74) is 6.37. The first-order chi connectivity index (χ1) is 21.0. The molecule has 3 saturated carbocycles. The zero-order valence-electron chi connectivity index (χ0n) is 24.9. The van der Waals surface area contributed by atoms with Crippen LogP contribution in [0.5, 0.6) is 5.75 Å². The molecule has 1 saturated heterocycles. The monoisotopic (exact) mass is 619 g/mol. The van der Waals surface area contributed by atoms with Crippen LogP contribution in [0.3, 0.4) is 0 Å². The predicted molar refractivity (Wildman–Crippen MR) is 164 cm³/mol. The standard InChI is InChI=1S/C35H38ClNO7/c1-33-11-10-22(39)13-20(33)6-8-24-26-15-30-35(29(41)17-38,34(26,2)16-28(40)31(24)33)44-32(43-30)25-14-23(7-9-27(25)36)42-18-19-4-3-5-21(37)12-19/h3-5,7,9-14,24,26,28,30-32,38,40H,6,8,15-18,37H2,1-2H3/t24-,26-,28-,30+,31+,32-,33-,34-,35+/m0/s1. The van der Waals surface area contributed by atoms with Gasteiger partial charge in [-0.3, -0.25) is 9.59 Å². The minimum Gasteiger partial charge on any atom is -0.489 e. The summed E-state index contributed by atoms with van der Waals surface area (Å²) in [5, 5.41) is 22.5. The zero-order chi connectivity index (χ0) is 31.0. The van der Waals surface area contributed by atoms with E-state index in [1.165, 1.54) is 0 Å². The molecule has 7 rings (SSSR count). The van der Waals surface area contributed by atoms with Crippen LogP contribution in [0, 0.1) is 28.6 Å². The Balaban J connectivity index is 1.19. The maximum Gasteiger partial charge on any atom is 0.193 e. The van der Waals surface area contributed by atoms with Gasteiger partial charge in [0, 0.05) is 33.0 Å². The van der Waals surface area contributed by atoms with Gasteiger partial charge < -0.3 is 30.2 Å². The van der Waals surface area contributed by atoms with Crippen molar-refractivity contribution in [3.63, 3.8) is 0 Å². The maximum absolute atomic E-state index is 13.8. The first-order valence-electron chi connectivity index (χ1n) is 15.4. The Hall–Kier alpha value is -3.01. The molecule has 0 amide bonds. The van der Waals surface area contributed by atoms with Gasteiger partial charge in [0.1, 0.15) is 19.0 Å². The Morgan fingerprint density at radius 1 is 1.20 bits per heavy atom. The number of Topliss-reactive ketones (excluding diaryl/α,β-unsaturated/α-hetero) is 1. The third kappa shape index (κ3) is 4.26. The lowest BCUT2D eigenvalue weighted by atomic mass is 9.46. The number of carbonyl (C=O) groups excluding carboxylic acids is 2. The summed E-state index contributed by atoms with van der Waals surface area (Å²) in [6.07, 6.45) is 5.36. The van der Waals surface area contributed by atoms with E-state index in [1.54, 1.807) is 30.4 Å². The van der Waals surface area contributed by atoms with Gasteiger partial charge in [-0.1, -0.05) is 49.2 Å². The zero-order valence-corrected chi connectivity index (χ0v) is 25.6. The Labute approximate surface area is 261 Å². The fourth-order valence-electron chi connectivity index (χ4n) is 9.47. The van der Waals surface area contributed by atoms with Gasteiger partial charge >= 0.3 is 0 Å². The van der Waals surface area contributed by atoms with Crippen LogP contribution in [-0.4, -0.2) is 46.2 Å². The summed E-state index contributed by atoms with van der Waals surface area (Å²) in [6.45, 7) is 3.72. The molecule has 9 atom stereocenters. The molecule has 0 spiro atoms. The minimum atomic E-state index is -1.46. The van der Waals surface area contributed by atoms with Crippen molar-refractivity contribution in [1.82, 2.24) is 0 Å². The number of carbonyl (C=O) groups is 2. The topological polar surface area (TPSA) is 128 Å². The molecule has 0 bridgehead atoms. The third-order valence-corrected chi connectivity index (χ3v) is 11.7. The van der Waals surface area contributed by atoms with Crippen molar-refractivity contribution in [2.75, 3.05) is 12.3 Å². The van der Waals surface area contributed by atoms with Crippen molar-refractivity contribution in [1.29, 1.82) is 0 Å². The van der Waals surface area contributed by atoms with E-state index < -0.39 is 47.3 Å². The Morgan fingerprint density at radius 2 is 2.02 bits per heavy atom. The molecule has 4 aliphatic carbocycles. The Kier molecular flexibility index (Phi) is 7.10. The molecule has 2 aromatic carbocycles. The molecule has 2 aromatic rings. The minimum absolute atomic E-state index is 0.00482. The second-order valence-electron chi connectivity index (χ2n) is 13.6. The number of ether oxygens (including phenoxy) is 3. The normalized spacial score (nSPS) is 38.8. The van der Waals surface area contributed by atoms with E-state index in [0.29, 0.717) is 41.5 Å². The smallest absolute Gasteiger partial charge is 0.193 e. The number of halogens is 1. The summed E-state index contributed by atoms with van der Waals surface area (Å²) in [6, 6.07) is 12.7. The van der Waals surface area contributed by atoms with E-state index in [2.05, 4.69) is 6.92 Å². The summed E-state index contributed by atoms with van der Waals surface area (Å²) in [4.78, 5) is 26.0. The molecule has 5 aliphatic rings. The van der Waals surface area contributed by atoms with Gasteiger partial charge in [-0.25, -0.2) is 0 Å². The molecule has 0 unspecified atom stereocenters. The lowest BCUT2D eigenvalue weighted by molar-refractivity contribution is -0.201. The number of aliphatic hydroxyl groups is 2. The van der Waals surface area contributed by atoms with E-state index in [1.807, 2.05) is 37.3 Å². The van der Waals surface area contributed by atoms with Gasteiger partial charge in [-0.15, -0.1) is 0 Å². The highest BCUT2D eigenvalue weighted by atomic mass is 35.5. The van der Waals surface area contributed by atoms with Crippen molar-refractivity contribution < 1.29 is 34.0 Å². The Bertz CT molecular complexity index is 1590. The average molecular weight is 620 g/mol. The highest BCUT2D eigenvalue weighted by molar-refractivity contribution is 6.31. The molecule has 1 heterocycles. The number of nitrogens with two attached hydrogens (primary N) is 1. The van der Waals surface area contributed by atoms with Crippen molar-refractivity contribution in [2.24, 2.45) is 28.6 Å². The molecule has 4 N–H and O–H groups in total. The van der Waals surface area contributed by atoms with Crippen molar-refractivity contribution in [2.45, 2.75) is 70.2 Å². The van der Waals surface area contributed by atoms with Crippen molar-refractivity contribution in [3.8, 4) is 5.75 Å². The third-order valence-electron chi connectivity index (χ3n) is 11.4. The first kappa shape index (κ1) is 29.7. The number of benzene rings is 2. The summed E-state index contributed by atoms with van der Waals surface area (Å²) in [7, 11) is 0. The summed E-state index contributed by atoms with van der Waals surface area (Å²) in [5.74, 6) is 0.0678. The van der Waals surface area contributed by atoms with Crippen LogP contribution < -0.4 is 10.5 Å². The van der Waals surface area contributed by atoms with Crippen molar-refractivity contribution in [3.05, 3.63) is 82.4 Å². The highest BCUT2D eigenvalue weighted by Gasteiger charge is 2.76. The number of rotatable bonds is 6. The van der Waals surface area contributed by atoms with Gasteiger partial charge in [0.05, 0.1) is 12.2 Å². The lowest BCUT2D eigenvalue weighted by Gasteiger charge is -2.59. The quantitative estimate of drug-likeness (QED) is 0.381. The number of fused-ring (bicyclic) bond motifs is 7. The largest absolute Gasteiger partial charge is 0.489 e. The van der Waals surface area contributed by atoms with Crippen LogP contribution in [0.15, 0.2) is 66.3 Å². The number of ketones is 2. The number of aliphatic hydroxyl groups excluding tert-OH is 2. The molecule has 44 heavy (non-hydrogen) atoms. The fraction of sp³-hybridized carbons (Fsp3) is 0.486. The predicted octanol–water partition coefficient (Wildman–Crippen LogP) is 5.10. The second-order valence-corrected chi connectivity index (χ2v) is 14.0. The molecule has 232 valence electrons. The van der Waals surface area contributed by atoms with E-state index >= 15 is 0 Å². The average Bonchev–Trinajstić information content (AvgIpc) is 3.49.